The highest BCUT2D eigenvalue weighted by Gasteiger charge is 2.30. The maximum atomic E-state index is 12.6. The standard InChI is InChI=1S/C17H13NO6S/c19-15(20)7-8-18-25(23,24)10-5-6-13-14(9-10)17(22)12-4-2-1-3-11(12)16(13)21/h1-6,9,18H,7-8H2,(H,19,20). The van der Waals surface area contributed by atoms with Gasteiger partial charge in [0.15, 0.2) is 11.6 Å². The summed E-state index contributed by atoms with van der Waals surface area (Å²) in [6, 6.07) is 10.0. The lowest BCUT2D eigenvalue weighted by atomic mass is 9.84. The van der Waals surface area contributed by atoms with Gasteiger partial charge in [0.05, 0.1) is 11.3 Å². The molecule has 3 rings (SSSR count). The number of carboxylic acids is 1. The number of sulfonamides is 1. The topological polar surface area (TPSA) is 118 Å². The van der Waals surface area contributed by atoms with E-state index in [0.717, 1.165) is 6.07 Å². The number of aliphatic carboxylic acids is 1. The predicted molar refractivity (Wildman–Crippen MR) is 87.2 cm³/mol. The molecule has 25 heavy (non-hydrogen) atoms. The normalized spacial score (nSPS) is 13.3. The lowest BCUT2D eigenvalue weighted by molar-refractivity contribution is -0.136. The van der Waals surface area contributed by atoms with Crippen LogP contribution in [0.3, 0.4) is 0 Å². The number of nitrogens with one attached hydrogen (secondary N) is 1. The fourth-order valence-corrected chi connectivity index (χ4v) is 3.68. The summed E-state index contributed by atoms with van der Waals surface area (Å²) >= 11 is 0. The Hall–Kier alpha value is -2.84. The van der Waals surface area contributed by atoms with Gasteiger partial charge in [0.25, 0.3) is 0 Å². The monoisotopic (exact) mass is 359 g/mol. The number of benzene rings is 2. The molecule has 2 N–H and O–H groups in total. The van der Waals surface area contributed by atoms with Gasteiger partial charge in [0.2, 0.25) is 10.0 Å². The lowest BCUT2D eigenvalue weighted by Crippen LogP contribution is -2.27. The van der Waals surface area contributed by atoms with Crippen molar-refractivity contribution in [1.82, 2.24) is 4.72 Å². The van der Waals surface area contributed by atoms with Gasteiger partial charge in [0, 0.05) is 28.8 Å². The quantitative estimate of drug-likeness (QED) is 0.707. The van der Waals surface area contributed by atoms with Crippen LogP contribution < -0.4 is 4.72 Å². The Morgan fingerprint density at radius 3 is 2.08 bits per heavy atom. The van der Waals surface area contributed by atoms with Crippen molar-refractivity contribution in [3.8, 4) is 0 Å². The SMILES string of the molecule is O=C(O)CCNS(=O)(=O)c1ccc2c(c1)C(=O)c1ccccc1C2=O. The summed E-state index contributed by atoms with van der Waals surface area (Å²) in [7, 11) is -3.98. The fraction of sp³-hybridized carbons (Fsp3) is 0.118. The van der Waals surface area contributed by atoms with Crippen LogP contribution in [0.15, 0.2) is 47.4 Å². The molecular formula is C17H13NO6S. The lowest BCUT2D eigenvalue weighted by Gasteiger charge is -2.18. The van der Waals surface area contributed by atoms with E-state index < -0.39 is 21.8 Å². The van der Waals surface area contributed by atoms with Crippen LogP contribution >= 0.6 is 0 Å². The molecule has 0 spiro atoms. The summed E-state index contributed by atoms with van der Waals surface area (Å²) in [5, 5.41) is 8.58. The van der Waals surface area contributed by atoms with Gasteiger partial charge in [-0.1, -0.05) is 24.3 Å². The third kappa shape index (κ3) is 3.09. The minimum Gasteiger partial charge on any atom is -0.481 e. The smallest absolute Gasteiger partial charge is 0.304 e. The number of carboxylic acid groups (broad SMARTS) is 1. The Morgan fingerprint density at radius 1 is 0.920 bits per heavy atom. The molecule has 1 aliphatic rings. The first kappa shape index (κ1) is 17.0. The third-order valence-electron chi connectivity index (χ3n) is 3.84. The Labute approximate surface area is 143 Å². The summed E-state index contributed by atoms with van der Waals surface area (Å²) in [5.41, 5.74) is 0.682. The van der Waals surface area contributed by atoms with Crippen molar-refractivity contribution in [1.29, 1.82) is 0 Å². The predicted octanol–water partition coefficient (Wildman–Crippen LogP) is 1.21. The van der Waals surface area contributed by atoms with E-state index in [1.165, 1.54) is 18.2 Å². The van der Waals surface area contributed by atoms with Crippen molar-refractivity contribution in [2.24, 2.45) is 0 Å². The van der Waals surface area contributed by atoms with Gasteiger partial charge in [-0.2, -0.15) is 0 Å². The second kappa shape index (κ2) is 6.23. The summed E-state index contributed by atoms with van der Waals surface area (Å²) in [6.07, 6.45) is -0.366. The molecule has 1 aliphatic carbocycles. The summed E-state index contributed by atoms with van der Waals surface area (Å²) in [6.45, 7) is -0.273. The highest BCUT2D eigenvalue weighted by atomic mass is 32.2. The van der Waals surface area contributed by atoms with Crippen molar-refractivity contribution < 1.29 is 27.9 Å². The van der Waals surface area contributed by atoms with E-state index in [0.29, 0.717) is 0 Å². The molecule has 2 aromatic rings. The van der Waals surface area contributed by atoms with Crippen molar-refractivity contribution in [2.45, 2.75) is 11.3 Å². The van der Waals surface area contributed by atoms with Crippen molar-refractivity contribution in [2.75, 3.05) is 6.54 Å². The van der Waals surface area contributed by atoms with Crippen LogP contribution in [-0.4, -0.2) is 37.6 Å². The van der Waals surface area contributed by atoms with Gasteiger partial charge in [-0.3, -0.25) is 14.4 Å². The zero-order valence-electron chi connectivity index (χ0n) is 12.9. The fourth-order valence-electron chi connectivity index (χ4n) is 2.62. The minimum atomic E-state index is -3.98. The first-order valence-electron chi connectivity index (χ1n) is 7.35. The number of rotatable bonds is 5. The van der Waals surface area contributed by atoms with E-state index >= 15 is 0 Å². The van der Waals surface area contributed by atoms with Crippen LogP contribution in [0.4, 0.5) is 0 Å². The van der Waals surface area contributed by atoms with Crippen molar-refractivity contribution in [3.63, 3.8) is 0 Å². The Bertz CT molecular complexity index is 1010. The molecule has 0 saturated heterocycles. The van der Waals surface area contributed by atoms with Crippen LogP contribution in [0.5, 0.6) is 0 Å². The summed E-state index contributed by atoms with van der Waals surface area (Å²) in [5.74, 6) is -1.90. The van der Waals surface area contributed by atoms with E-state index in [9.17, 15) is 22.8 Å². The number of carbonyl (C=O) groups is 3. The number of carbonyl (C=O) groups excluding carboxylic acids is 2. The third-order valence-corrected chi connectivity index (χ3v) is 5.30. The average Bonchev–Trinajstić information content (AvgIpc) is 2.58. The second-order valence-corrected chi connectivity index (χ2v) is 7.22. The Balaban J connectivity index is 1.99. The maximum Gasteiger partial charge on any atom is 0.304 e. The molecule has 0 amide bonds. The molecule has 0 atom stereocenters. The molecule has 7 nitrogen and oxygen atoms in total. The largest absolute Gasteiger partial charge is 0.481 e. The van der Waals surface area contributed by atoms with Crippen LogP contribution in [0.1, 0.15) is 38.3 Å². The molecule has 0 aliphatic heterocycles. The zero-order valence-corrected chi connectivity index (χ0v) is 13.7. The first-order chi connectivity index (χ1) is 11.8. The molecule has 128 valence electrons. The Kier molecular flexibility index (Phi) is 4.23. The number of hydrogen-bond donors (Lipinski definition) is 2. The first-order valence-corrected chi connectivity index (χ1v) is 8.83. The molecule has 0 aromatic heterocycles. The van der Waals surface area contributed by atoms with E-state index in [1.54, 1.807) is 18.2 Å². The average molecular weight is 359 g/mol. The van der Waals surface area contributed by atoms with Crippen molar-refractivity contribution in [3.05, 3.63) is 64.7 Å². The van der Waals surface area contributed by atoms with Gasteiger partial charge >= 0.3 is 5.97 Å². The summed E-state index contributed by atoms with van der Waals surface area (Å²) in [4.78, 5) is 35.4. The molecule has 0 radical (unpaired) electrons. The highest BCUT2D eigenvalue weighted by Crippen LogP contribution is 2.28. The molecule has 0 unspecified atom stereocenters. The van der Waals surface area contributed by atoms with Gasteiger partial charge in [-0.05, 0) is 18.2 Å². The molecule has 0 fully saturated rings. The second-order valence-electron chi connectivity index (χ2n) is 5.45. The van der Waals surface area contributed by atoms with Gasteiger partial charge < -0.3 is 5.11 Å². The van der Waals surface area contributed by atoms with Gasteiger partial charge in [-0.25, -0.2) is 13.1 Å². The van der Waals surface area contributed by atoms with E-state index in [4.69, 9.17) is 5.11 Å². The van der Waals surface area contributed by atoms with Gasteiger partial charge in [-0.15, -0.1) is 0 Å². The number of ketones is 2. The van der Waals surface area contributed by atoms with Crippen LogP contribution in [0.25, 0.3) is 0 Å². The minimum absolute atomic E-state index is 0.0183. The van der Waals surface area contributed by atoms with Crippen LogP contribution in [-0.2, 0) is 14.8 Å². The van der Waals surface area contributed by atoms with Gasteiger partial charge in [0.1, 0.15) is 0 Å². The van der Waals surface area contributed by atoms with Crippen LogP contribution in [0, 0.1) is 0 Å². The Morgan fingerprint density at radius 2 is 1.48 bits per heavy atom. The number of fused-ring (bicyclic) bond motifs is 2. The summed E-state index contributed by atoms with van der Waals surface area (Å²) < 4.78 is 26.6. The molecular weight excluding hydrogens is 346 g/mol. The van der Waals surface area contributed by atoms with Crippen molar-refractivity contribution >= 4 is 27.6 Å². The van der Waals surface area contributed by atoms with E-state index in [1.807, 2.05) is 0 Å². The molecule has 8 heteroatoms. The molecule has 0 bridgehead atoms. The van der Waals surface area contributed by atoms with E-state index in [-0.39, 0.29) is 45.9 Å². The number of hydrogen-bond acceptors (Lipinski definition) is 5. The highest BCUT2D eigenvalue weighted by molar-refractivity contribution is 7.89. The molecule has 0 saturated carbocycles. The maximum absolute atomic E-state index is 12.6. The molecule has 0 heterocycles. The zero-order chi connectivity index (χ0) is 18.2. The van der Waals surface area contributed by atoms with Crippen LogP contribution in [0.2, 0.25) is 0 Å². The van der Waals surface area contributed by atoms with E-state index in [2.05, 4.69) is 4.72 Å². The molecule has 2 aromatic carbocycles.